The van der Waals surface area contributed by atoms with E-state index in [-0.39, 0.29) is 29.9 Å². The summed E-state index contributed by atoms with van der Waals surface area (Å²) in [6, 6.07) is 14.8. The number of carbonyl (C=O) groups is 2. The van der Waals surface area contributed by atoms with Crippen molar-refractivity contribution in [3.63, 3.8) is 0 Å². The summed E-state index contributed by atoms with van der Waals surface area (Å²) in [4.78, 5) is 27.4. The maximum atomic E-state index is 13.2. The Morgan fingerprint density at radius 1 is 1.06 bits per heavy atom. The van der Waals surface area contributed by atoms with Crippen molar-refractivity contribution in [3.8, 4) is 5.75 Å². The molecule has 2 aromatic rings. The van der Waals surface area contributed by atoms with Crippen LogP contribution in [0.1, 0.15) is 52.7 Å². The van der Waals surface area contributed by atoms with Crippen molar-refractivity contribution in [1.82, 2.24) is 10.2 Å². The Balaban J connectivity index is 2.23. The van der Waals surface area contributed by atoms with Gasteiger partial charge in [-0.25, -0.2) is 0 Å². The van der Waals surface area contributed by atoms with E-state index in [9.17, 15) is 9.59 Å². The molecule has 0 saturated heterocycles. The zero-order chi connectivity index (χ0) is 23.2. The van der Waals surface area contributed by atoms with Crippen LogP contribution in [-0.4, -0.2) is 35.4 Å². The number of nitrogens with one attached hydrogen (secondary N) is 1. The topological polar surface area (TPSA) is 58.6 Å². The van der Waals surface area contributed by atoms with Crippen LogP contribution in [0.25, 0.3) is 0 Å². The van der Waals surface area contributed by atoms with Crippen molar-refractivity contribution in [3.05, 3.63) is 64.1 Å². The molecular formula is C25H33BrN2O3. The van der Waals surface area contributed by atoms with E-state index in [0.29, 0.717) is 12.3 Å². The Hall–Kier alpha value is -2.34. The van der Waals surface area contributed by atoms with Crippen LogP contribution < -0.4 is 10.1 Å². The van der Waals surface area contributed by atoms with Gasteiger partial charge in [0.05, 0.1) is 0 Å². The predicted octanol–water partition coefficient (Wildman–Crippen LogP) is 5.07. The molecule has 1 atom stereocenters. The lowest BCUT2D eigenvalue weighted by molar-refractivity contribution is -0.142. The highest BCUT2D eigenvalue weighted by molar-refractivity contribution is 9.10. The largest absolute Gasteiger partial charge is 0.483 e. The van der Waals surface area contributed by atoms with Gasteiger partial charge in [-0.15, -0.1) is 0 Å². The molecule has 2 aromatic carbocycles. The molecule has 168 valence electrons. The summed E-state index contributed by atoms with van der Waals surface area (Å²) in [7, 11) is 0. The molecule has 0 aliphatic carbocycles. The summed E-state index contributed by atoms with van der Waals surface area (Å²) in [5, 5.41) is 2.89. The molecular weight excluding hydrogens is 456 g/mol. The number of hydrogen-bond donors (Lipinski definition) is 1. The lowest BCUT2D eigenvalue weighted by Crippen LogP contribution is -2.50. The van der Waals surface area contributed by atoms with Crippen LogP contribution >= 0.6 is 15.9 Å². The zero-order valence-corrected chi connectivity index (χ0v) is 20.8. The smallest absolute Gasteiger partial charge is 0.261 e. The lowest BCUT2D eigenvalue weighted by atomic mass is 9.86. The summed E-state index contributed by atoms with van der Waals surface area (Å²) >= 11 is 3.47. The Bertz CT molecular complexity index is 906. The van der Waals surface area contributed by atoms with E-state index in [0.717, 1.165) is 15.6 Å². The van der Waals surface area contributed by atoms with E-state index in [1.807, 2.05) is 62.4 Å². The van der Waals surface area contributed by atoms with Crippen LogP contribution in [0.4, 0.5) is 0 Å². The van der Waals surface area contributed by atoms with Crippen LogP contribution in [0.2, 0.25) is 0 Å². The van der Waals surface area contributed by atoms with Crippen molar-refractivity contribution in [2.24, 2.45) is 0 Å². The molecule has 0 radical (unpaired) electrons. The molecule has 0 aromatic heterocycles. The number of amides is 2. The quantitative estimate of drug-likeness (QED) is 0.564. The molecule has 6 heteroatoms. The summed E-state index contributed by atoms with van der Waals surface area (Å²) < 4.78 is 6.87. The second-order valence-electron chi connectivity index (χ2n) is 9.03. The van der Waals surface area contributed by atoms with Crippen LogP contribution in [0.5, 0.6) is 5.75 Å². The minimum absolute atomic E-state index is 0.00677. The molecule has 31 heavy (non-hydrogen) atoms. The fourth-order valence-electron chi connectivity index (χ4n) is 3.25. The third kappa shape index (κ3) is 7.39. The number of rotatable bonds is 8. The fraction of sp³-hybridized carbons (Fsp3) is 0.440. The van der Waals surface area contributed by atoms with E-state index in [1.165, 1.54) is 0 Å². The van der Waals surface area contributed by atoms with Gasteiger partial charge in [-0.05, 0) is 55.5 Å². The van der Waals surface area contributed by atoms with E-state index >= 15 is 0 Å². The highest BCUT2D eigenvalue weighted by Crippen LogP contribution is 2.31. The minimum Gasteiger partial charge on any atom is -0.483 e. The highest BCUT2D eigenvalue weighted by Gasteiger charge is 2.27. The summed E-state index contributed by atoms with van der Waals surface area (Å²) in [5.74, 6) is 0.258. The maximum absolute atomic E-state index is 13.2. The number of halogens is 1. The number of para-hydroxylation sites is 1. The lowest BCUT2D eigenvalue weighted by Gasteiger charge is -2.30. The SMILES string of the molecule is CC(C)NC(=O)[C@@H](C)N(Cc1cccc(Br)c1)C(=O)COc1ccccc1C(C)(C)C. The van der Waals surface area contributed by atoms with Gasteiger partial charge in [-0.1, -0.05) is 67.0 Å². The molecule has 2 rings (SSSR count). The van der Waals surface area contributed by atoms with Crippen LogP contribution in [0.15, 0.2) is 53.0 Å². The first-order valence-electron chi connectivity index (χ1n) is 10.6. The Morgan fingerprint density at radius 2 is 1.74 bits per heavy atom. The average Bonchev–Trinajstić information content (AvgIpc) is 2.68. The standard InChI is InChI=1S/C25H33BrN2O3/c1-17(2)27-24(30)18(3)28(15-19-10-9-11-20(26)14-19)23(29)16-31-22-13-8-7-12-21(22)25(4,5)6/h7-14,17-18H,15-16H2,1-6H3,(H,27,30)/t18-/m1/s1. The first-order valence-corrected chi connectivity index (χ1v) is 11.3. The minimum atomic E-state index is -0.629. The monoisotopic (exact) mass is 488 g/mol. The molecule has 0 unspecified atom stereocenters. The van der Waals surface area contributed by atoms with Crippen LogP contribution in [-0.2, 0) is 21.5 Å². The Morgan fingerprint density at radius 3 is 2.35 bits per heavy atom. The number of carbonyl (C=O) groups excluding carboxylic acids is 2. The predicted molar refractivity (Wildman–Crippen MR) is 128 cm³/mol. The second kappa shape index (κ2) is 10.8. The molecule has 0 heterocycles. The summed E-state index contributed by atoms with van der Waals surface area (Å²) in [5.41, 5.74) is 1.86. The number of hydrogen-bond acceptors (Lipinski definition) is 3. The van der Waals surface area contributed by atoms with E-state index < -0.39 is 6.04 Å². The average molecular weight is 489 g/mol. The van der Waals surface area contributed by atoms with E-state index in [1.54, 1.807) is 11.8 Å². The molecule has 0 fully saturated rings. The van der Waals surface area contributed by atoms with E-state index in [2.05, 4.69) is 42.0 Å². The highest BCUT2D eigenvalue weighted by atomic mass is 79.9. The normalized spacial score (nSPS) is 12.4. The van der Waals surface area contributed by atoms with Gasteiger partial charge < -0.3 is 15.0 Å². The molecule has 2 amide bonds. The third-order valence-corrected chi connectivity index (χ3v) is 5.38. The fourth-order valence-corrected chi connectivity index (χ4v) is 3.70. The van der Waals surface area contributed by atoms with E-state index in [4.69, 9.17) is 4.74 Å². The number of ether oxygens (including phenoxy) is 1. The molecule has 1 N–H and O–H groups in total. The molecule has 0 aliphatic heterocycles. The number of benzene rings is 2. The van der Waals surface area contributed by atoms with Crippen molar-refractivity contribution in [2.45, 2.75) is 65.6 Å². The van der Waals surface area contributed by atoms with Crippen molar-refractivity contribution in [1.29, 1.82) is 0 Å². The molecule has 5 nitrogen and oxygen atoms in total. The first kappa shape index (κ1) is 24.9. The number of nitrogens with zero attached hydrogens (tertiary/aromatic N) is 1. The summed E-state index contributed by atoms with van der Waals surface area (Å²) in [6.45, 7) is 12.0. The van der Waals surface area contributed by atoms with Crippen LogP contribution in [0.3, 0.4) is 0 Å². The molecule has 0 aliphatic rings. The Labute approximate surface area is 194 Å². The van der Waals surface area contributed by atoms with Gasteiger partial charge in [0.15, 0.2) is 6.61 Å². The van der Waals surface area contributed by atoms with Gasteiger partial charge >= 0.3 is 0 Å². The van der Waals surface area contributed by atoms with Crippen molar-refractivity contribution >= 4 is 27.7 Å². The maximum Gasteiger partial charge on any atom is 0.261 e. The Kier molecular flexibility index (Phi) is 8.69. The summed E-state index contributed by atoms with van der Waals surface area (Å²) in [6.07, 6.45) is 0. The van der Waals surface area contributed by atoms with Gasteiger partial charge in [-0.3, -0.25) is 9.59 Å². The van der Waals surface area contributed by atoms with Gasteiger partial charge in [0.25, 0.3) is 5.91 Å². The molecule has 0 bridgehead atoms. The van der Waals surface area contributed by atoms with Gasteiger partial charge in [-0.2, -0.15) is 0 Å². The first-order chi connectivity index (χ1) is 14.5. The van der Waals surface area contributed by atoms with Gasteiger partial charge in [0.2, 0.25) is 5.91 Å². The zero-order valence-electron chi connectivity index (χ0n) is 19.2. The molecule has 0 spiro atoms. The second-order valence-corrected chi connectivity index (χ2v) is 9.94. The van der Waals surface area contributed by atoms with Gasteiger partial charge in [0.1, 0.15) is 11.8 Å². The molecule has 0 saturated carbocycles. The van der Waals surface area contributed by atoms with Gasteiger partial charge in [0, 0.05) is 17.1 Å². The van der Waals surface area contributed by atoms with Crippen molar-refractivity contribution in [2.75, 3.05) is 6.61 Å². The van der Waals surface area contributed by atoms with Crippen LogP contribution in [0, 0.1) is 0 Å². The third-order valence-electron chi connectivity index (χ3n) is 4.89. The van der Waals surface area contributed by atoms with Crippen molar-refractivity contribution < 1.29 is 14.3 Å².